The lowest BCUT2D eigenvalue weighted by Crippen LogP contribution is -2.50. The molecule has 0 saturated carbocycles. The minimum absolute atomic E-state index is 0.188. The molecule has 2 amide bonds. The van der Waals surface area contributed by atoms with Gasteiger partial charge in [0, 0.05) is 22.6 Å². The van der Waals surface area contributed by atoms with Gasteiger partial charge in [-0.3, -0.25) is 9.59 Å². The van der Waals surface area contributed by atoms with Gasteiger partial charge < -0.3 is 14.8 Å². The molecule has 4 rings (SSSR count). The quantitative estimate of drug-likeness (QED) is 0.148. The number of hydrogen-bond donors (Lipinski definition) is 2. The first-order valence-electron chi connectivity index (χ1n) is 13.3. The molecule has 218 valence electrons. The van der Waals surface area contributed by atoms with Crippen molar-refractivity contribution in [1.29, 1.82) is 5.26 Å². The van der Waals surface area contributed by atoms with E-state index in [9.17, 15) is 14.9 Å². The molecule has 4 aromatic carbocycles. The number of nitrogens with one attached hydrogen (secondary N) is 2. The van der Waals surface area contributed by atoms with Gasteiger partial charge in [-0.15, -0.1) is 0 Å². The van der Waals surface area contributed by atoms with E-state index in [1.54, 1.807) is 43.3 Å². The minimum Gasteiger partial charge on any atom is -0.488 e. The Hall–Kier alpha value is -4.84. The molecule has 0 aliphatic rings. The second-order valence-corrected chi connectivity index (χ2v) is 10.3. The summed E-state index contributed by atoms with van der Waals surface area (Å²) in [7, 11) is 0. The highest BCUT2D eigenvalue weighted by molar-refractivity contribution is 6.35. The summed E-state index contributed by atoms with van der Waals surface area (Å²) < 4.78 is 11.7. The summed E-state index contributed by atoms with van der Waals surface area (Å²) in [6.07, 6.45) is 0.725. The van der Waals surface area contributed by atoms with Crippen molar-refractivity contribution in [2.75, 3.05) is 0 Å². The van der Waals surface area contributed by atoms with Gasteiger partial charge in [0.2, 0.25) is 0 Å². The lowest BCUT2D eigenvalue weighted by atomic mass is 10.1. The summed E-state index contributed by atoms with van der Waals surface area (Å²) in [6.45, 7) is 1.75. The number of hydrogen-bond acceptors (Lipinski definition) is 6. The van der Waals surface area contributed by atoms with Crippen molar-refractivity contribution in [3.05, 3.63) is 129 Å². The zero-order valence-corrected chi connectivity index (χ0v) is 24.7. The molecular formula is C33H28Cl2N4O4. The average molecular weight is 616 g/mol. The number of nitrogens with zero attached hydrogens (tertiary/aromatic N) is 2. The number of para-hydroxylation sites is 1. The van der Waals surface area contributed by atoms with Crippen LogP contribution in [-0.4, -0.2) is 30.2 Å². The van der Waals surface area contributed by atoms with Crippen LogP contribution >= 0.6 is 23.2 Å². The second-order valence-electron chi connectivity index (χ2n) is 9.42. The molecule has 0 spiro atoms. The van der Waals surface area contributed by atoms with Crippen molar-refractivity contribution in [3.63, 3.8) is 0 Å². The molecule has 0 aliphatic heterocycles. The van der Waals surface area contributed by atoms with Gasteiger partial charge in [-0.2, -0.15) is 10.4 Å². The molecule has 2 N–H and O–H groups in total. The topological polar surface area (TPSA) is 113 Å². The Balaban J connectivity index is 1.43. The standard InChI is InChI=1S/C33H28Cl2N4O4/c1-22(43-31-16-15-27(34)18-28(31)35)32(40)38-29(17-23-9-3-2-4-10-23)33(41)39-37-20-25-12-7-8-14-30(25)42-21-26-13-6-5-11-24(26)19-36/h2-16,18,20,22,29H,17,21H2,1H3,(H,38,40)(H,39,41)/b37-20-/t22-,29+/m1/s1. The summed E-state index contributed by atoms with van der Waals surface area (Å²) in [5, 5.41) is 16.9. The van der Waals surface area contributed by atoms with Crippen LogP contribution in [0, 0.1) is 11.3 Å². The third-order valence-corrected chi connectivity index (χ3v) is 6.83. The molecule has 0 aliphatic carbocycles. The normalized spacial score (nSPS) is 12.1. The SMILES string of the molecule is C[C@@H](Oc1ccc(Cl)cc1Cl)C(=O)N[C@@H](Cc1ccccc1)C(=O)N/N=C\c1ccccc1OCc1ccccc1C#N. The Morgan fingerprint density at radius 3 is 2.42 bits per heavy atom. The highest BCUT2D eigenvalue weighted by Gasteiger charge is 2.25. The van der Waals surface area contributed by atoms with Crippen molar-refractivity contribution in [2.45, 2.75) is 32.1 Å². The van der Waals surface area contributed by atoms with Crippen molar-refractivity contribution >= 4 is 41.2 Å². The van der Waals surface area contributed by atoms with Gasteiger partial charge in [-0.1, -0.05) is 83.9 Å². The molecule has 43 heavy (non-hydrogen) atoms. The van der Waals surface area contributed by atoms with E-state index >= 15 is 0 Å². The molecule has 0 unspecified atom stereocenters. The van der Waals surface area contributed by atoms with Crippen LogP contribution < -0.4 is 20.2 Å². The highest BCUT2D eigenvalue weighted by Crippen LogP contribution is 2.28. The Labute approximate surface area is 259 Å². The number of nitriles is 1. The van der Waals surface area contributed by atoms with Crippen LogP contribution in [0.5, 0.6) is 11.5 Å². The van der Waals surface area contributed by atoms with Crippen molar-refractivity contribution in [1.82, 2.24) is 10.7 Å². The third-order valence-electron chi connectivity index (χ3n) is 6.30. The third kappa shape index (κ3) is 9.07. The average Bonchev–Trinajstić information content (AvgIpc) is 3.02. The fourth-order valence-corrected chi connectivity index (χ4v) is 4.49. The van der Waals surface area contributed by atoms with E-state index in [-0.39, 0.29) is 18.1 Å². The molecule has 0 aromatic heterocycles. The summed E-state index contributed by atoms with van der Waals surface area (Å²) in [5.74, 6) is -0.220. The maximum atomic E-state index is 13.2. The van der Waals surface area contributed by atoms with Crippen LogP contribution in [-0.2, 0) is 22.6 Å². The smallest absolute Gasteiger partial charge is 0.262 e. The van der Waals surface area contributed by atoms with Gasteiger partial charge in [-0.25, -0.2) is 5.43 Å². The van der Waals surface area contributed by atoms with Crippen LogP contribution in [0.15, 0.2) is 102 Å². The zero-order valence-electron chi connectivity index (χ0n) is 23.2. The van der Waals surface area contributed by atoms with Crippen molar-refractivity contribution in [2.24, 2.45) is 5.10 Å². The number of ether oxygens (including phenoxy) is 2. The van der Waals surface area contributed by atoms with Gasteiger partial charge in [0.25, 0.3) is 11.8 Å². The van der Waals surface area contributed by atoms with Crippen LogP contribution in [0.1, 0.15) is 29.2 Å². The van der Waals surface area contributed by atoms with E-state index < -0.39 is 24.0 Å². The molecule has 10 heteroatoms. The predicted octanol–water partition coefficient (Wildman–Crippen LogP) is 6.09. The van der Waals surface area contributed by atoms with Crippen LogP contribution in [0.4, 0.5) is 0 Å². The Kier molecular flexibility index (Phi) is 11.1. The number of hydrazone groups is 1. The van der Waals surface area contributed by atoms with E-state index in [0.29, 0.717) is 27.6 Å². The molecule has 0 bridgehead atoms. The first-order chi connectivity index (χ1) is 20.8. The first-order valence-corrected chi connectivity index (χ1v) is 14.1. The van der Waals surface area contributed by atoms with E-state index in [2.05, 4.69) is 21.9 Å². The van der Waals surface area contributed by atoms with Crippen LogP contribution in [0.25, 0.3) is 0 Å². The van der Waals surface area contributed by atoms with E-state index in [1.807, 2.05) is 54.6 Å². The highest BCUT2D eigenvalue weighted by atomic mass is 35.5. The van der Waals surface area contributed by atoms with Crippen molar-refractivity contribution in [3.8, 4) is 17.6 Å². The largest absolute Gasteiger partial charge is 0.488 e. The number of carbonyl (C=O) groups excluding carboxylic acids is 2. The van der Waals surface area contributed by atoms with Gasteiger partial charge in [-0.05, 0) is 48.9 Å². The van der Waals surface area contributed by atoms with Gasteiger partial charge in [0.05, 0.1) is 22.9 Å². The lowest BCUT2D eigenvalue weighted by molar-refractivity contribution is -0.132. The number of benzene rings is 4. The number of rotatable bonds is 12. The monoisotopic (exact) mass is 614 g/mol. The molecule has 0 heterocycles. The maximum Gasteiger partial charge on any atom is 0.262 e. The van der Waals surface area contributed by atoms with Gasteiger partial charge >= 0.3 is 0 Å². The Bertz CT molecular complexity index is 1640. The van der Waals surface area contributed by atoms with Gasteiger partial charge in [0.15, 0.2) is 6.10 Å². The van der Waals surface area contributed by atoms with Crippen molar-refractivity contribution < 1.29 is 19.1 Å². The Morgan fingerprint density at radius 2 is 1.65 bits per heavy atom. The number of halogens is 2. The molecule has 4 aromatic rings. The van der Waals surface area contributed by atoms with Crippen LogP contribution in [0.3, 0.4) is 0 Å². The molecule has 2 atom stereocenters. The number of amides is 2. The Morgan fingerprint density at radius 1 is 0.930 bits per heavy atom. The number of carbonyl (C=O) groups is 2. The molecular weight excluding hydrogens is 587 g/mol. The predicted molar refractivity (Wildman–Crippen MR) is 166 cm³/mol. The molecule has 8 nitrogen and oxygen atoms in total. The first kappa shape index (κ1) is 31.1. The van der Waals surface area contributed by atoms with E-state index in [4.69, 9.17) is 32.7 Å². The molecule has 0 fully saturated rings. The van der Waals surface area contributed by atoms with Gasteiger partial charge in [0.1, 0.15) is 24.1 Å². The summed E-state index contributed by atoms with van der Waals surface area (Å²) in [4.78, 5) is 26.3. The summed E-state index contributed by atoms with van der Waals surface area (Å²) in [5.41, 5.74) is 5.26. The van der Waals surface area contributed by atoms with E-state index in [1.165, 1.54) is 12.3 Å². The fraction of sp³-hybridized carbons (Fsp3) is 0.152. The fourth-order valence-electron chi connectivity index (χ4n) is 4.04. The minimum atomic E-state index is -0.955. The molecule has 0 radical (unpaired) electrons. The maximum absolute atomic E-state index is 13.2. The molecule has 0 saturated heterocycles. The van der Waals surface area contributed by atoms with E-state index in [0.717, 1.165) is 11.1 Å². The second kappa shape index (κ2) is 15.4. The van der Waals surface area contributed by atoms with Crippen LogP contribution in [0.2, 0.25) is 10.0 Å². The lowest BCUT2D eigenvalue weighted by Gasteiger charge is -2.21. The zero-order chi connectivity index (χ0) is 30.6. The summed E-state index contributed by atoms with van der Waals surface area (Å²) in [6, 6.07) is 29.6. The summed E-state index contributed by atoms with van der Waals surface area (Å²) >= 11 is 12.1.